The molecule has 2 fully saturated rings. The first-order chi connectivity index (χ1) is 7.11. The molecule has 0 radical (unpaired) electrons. The van der Waals surface area contributed by atoms with E-state index in [0.717, 1.165) is 35.5 Å². The highest BCUT2D eigenvalue weighted by molar-refractivity contribution is 4.93. The zero-order valence-electron chi connectivity index (χ0n) is 11.0. The Hall–Kier alpha value is 0. The maximum Gasteiger partial charge on any atom is -0.0352 e. The Morgan fingerprint density at radius 1 is 0.667 bits per heavy atom. The number of hydrogen-bond donors (Lipinski definition) is 0. The van der Waals surface area contributed by atoms with E-state index in [1.807, 2.05) is 0 Å². The second-order valence-electron chi connectivity index (χ2n) is 6.65. The third kappa shape index (κ3) is 2.10. The molecule has 0 amide bonds. The van der Waals surface area contributed by atoms with Crippen LogP contribution in [-0.4, -0.2) is 0 Å². The molecule has 2 aliphatic rings. The van der Waals surface area contributed by atoms with E-state index in [-0.39, 0.29) is 0 Å². The lowest BCUT2D eigenvalue weighted by Gasteiger charge is -2.39. The van der Waals surface area contributed by atoms with Gasteiger partial charge in [-0.1, -0.05) is 34.1 Å². The summed E-state index contributed by atoms with van der Waals surface area (Å²) in [5.41, 5.74) is 0. The molecular formula is C15H28. The molecular weight excluding hydrogens is 180 g/mol. The summed E-state index contributed by atoms with van der Waals surface area (Å²) in [6.07, 6.45) is 7.63. The van der Waals surface area contributed by atoms with Crippen molar-refractivity contribution >= 4 is 0 Å². The molecule has 0 aromatic rings. The lowest BCUT2D eigenvalue weighted by molar-refractivity contribution is 0.105. The standard InChI is InChI=1S/C15H28/c1-10(2)12-6-5-7-14-13(11(3)4)8-9-15(12)14/h10-15H,5-9H2,1-4H3. The lowest BCUT2D eigenvalue weighted by atomic mass is 9.66. The summed E-state index contributed by atoms with van der Waals surface area (Å²) in [6, 6.07) is 0. The van der Waals surface area contributed by atoms with Crippen LogP contribution in [0.15, 0.2) is 0 Å². The molecule has 4 atom stereocenters. The van der Waals surface area contributed by atoms with Crippen molar-refractivity contribution in [2.24, 2.45) is 35.5 Å². The number of fused-ring (bicyclic) bond motifs is 1. The van der Waals surface area contributed by atoms with Crippen molar-refractivity contribution in [3.63, 3.8) is 0 Å². The van der Waals surface area contributed by atoms with Gasteiger partial charge in [-0.2, -0.15) is 0 Å². The molecule has 0 aromatic carbocycles. The number of hydrogen-bond acceptors (Lipinski definition) is 0. The summed E-state index contributed by atoms with van der Waals surface area (Å²) in [5.74, 6) is 6.12. The minimum Gasteiger partial charge on any atom is -0.0625 e. The fourth-order valence-corrected chi connectivity index (χ4v) is 4.55. The predicted octanol–water partition coefficient (Wildman–Crippen LogP) is 4.74. The Kier molecular flexibility index (Phi) is 3.42. The lowest BCUT2D eigenvalue weighted by Crippen LogP contribution is -2.31. The Labute approximate surface area is 95.8 Å². The Morgan fingerprint density at radius 2 is 1.20 bits per heavy atom. The van der Waals surface area contributed by atoms with Crippen molar-refractivity contribution in [2.45, 2.75) is 59.8 Å². The second kappa shape index (κ2) is 4.47. The summed E-state index contributed by atoms with van der Waals surface area (Å²) < 4.78 is 0. The van der Waals surface area contributed by atoms with Gasteiger partial charge in [-0.25, -0.2) is 0 Å². The first-order valence-corrected chi connectivity index (χ1v) is 7.11. The third-order valence-electron chi connectivity index (χ3n) is 5.27. The average molecular weight is 208 g/mol. The molecule has 0 saturated heterocycles. The highest BCUT2D eigenvalue weighted by Crippen LogP contribution is 2.52. The van der Waals surface area contributed by atoms with E-state index < -0.39 is 0 Å². The highest BCUT2D eigenvalue weighted by Gasteiger charge is 2.43. The van der Waals surface area contributed by atoms with E-state index >= 15 is 0 Å². The monoisotopic (exact) mass is 208 g/mol. The van der Waals surface area contributed by atoms with Crippen molar-refractivity contribution in [2.75, 3.05) is 0 Å². The molecule has 0 heteroatoms. The minimum absolute atomic E-state index is 0.920. The second-order valence-corrected chi connectivity index (χ2v) is 6.65. The van der Waals surface area contributed by atoms with Crippen molar-refractivity contribution in [1.29, 1.82) is 0 Å². The maximum atomic E-state index is 2.44. The van der Waals surface area contributed by atoms with Gasteiger partial charge in [0.15, 0.2) is 0 Å². The molecule has 15 heavy (non-hydrogen) atoms. The molecule has 0 N–H and O–H groups in total. The van der Waals surface area contributed by atoms with Gasteiger partial charge in [0, 0.05) is 0 Å². The van der Waals surface area contributed by atoms with Crippen LogP contribution in [0.4, 0.5) is 0 Å². The van der Waals surface area contributed by atoms with E-state index in [1.54, 1.807) is 0 Å². The molecule has 0 heterocycles. The largest absolute Gasteiger partial charge is 0.0625 e. The van der Waals surface area contributed by atoms with Gasteiger partial charge < -0.3 is 0 Å². The van der Waals surface area contributed by atoms with Gasteiger partial charge in [-0.05, 0) is 61.2 Å². The average Bonchev–Trinajstić information content (AvgIpc) is 2.59. The summed E-state index contributed by atoms with van der Waals surface area (Å²) in [5, 5.41) is 0. The van der Waals surface area contributed by atoms with Gasteiger partial charge in [0.1, 0.15) is 0 Å². The maximum absolute atomic E-state index is 2.44. The zero-order chi connectivity index (χ0) is 11.0. The zero-order valence-corrected chi connectivity index (χ0v) is 11.0. The SMILES string of the molecule is CC(C)C1CCC2C(C(C)C)CCCC12. The quantitative estimate of drug-likeness (QED) is 0.615. The van der Waals surface area contributed by atoms with E-state index in [2.05, 4.69) is 27.7 Å². The number of rotatable bonds is 2. The van der Waals surface area contributed by atoms with E-state index in [4.69, 9.17) is 0 Å². The van der Waals surface area contributed by atoms with Crippen LogP contribution in [0.25, 0.3) is 0 Å². The molecule has 0 spiro atoms. The molecule has 0 nitrogen and oxygen atoms in total. The molecule has 88 valence electrons. The molecule has 0 aliphatic heterocycles. The molecule has 2 aliphatic carbocycles. The van der Waals surface area contributed by atoms with Gasteiger partial charge in [-0.3, -0.25) is 0 Å². The van der Waals surface area contributed by atoms with Crippen LogP contribution >= 0.6 is 0 Å². The predicted molar refractivity (Wildman–Crippen MR) is 66.7 cm³/mol. The van der Waals surface area contributed by atoms with Crippen LogP contribution in [-0.2, 0) is 0 Å². The van der Waals surface area contributed by atoms with Gasteiger partial charge in [0.2, 0.25) is 0 Å². The van der Waals surface area contributed by atoms with Crippen molar-refractivity contribution in [3.05, 3.63) is 0 Å². The van der Waals surface area contributed by atoms with Crippen LogP contribution in [0.2, 0.25) is 0 Å². The van der Waals surface area contributed by atoms with Crippen LogP contribution < -0.4 is 0 Å². The third-order valence-corrected chi connectivity index (χ3v) is 5.27. The first kappa shape index (κ1) is 11.5. The van der Waals surface area contributed by atoms with E-state index in [1.165, 1.54) is 32.1 Å². The van der Waals surface area contributed by atoms with Crippen LogP contribution in [0.1, 0.15) is 59.8 Å². The summed E-state index contributed by atoms with van der Waals surface area (Å²) >= 11 is 0. The summed E-state index contributed by atoms with van der Waals surface area (Å²) in [7, 11) is 0. The van der Waals surface area contributed by atoms with Gasteiger partial charge in [0.25, 0.3) is 0 Å². The fourth-order valence-electron chi connectivity index (χ4n) is 4.55. The van der Waals surface area contributed by atoms with Crippen molar-refractivity contribution < 1.29 is 0 Å². The topological polar surface area (TPSA) is 0 Å². The molecule has 2 saturated carbocycles. The Bertz CT molecular complexity index is 204. The Balaban J connectivity index is 2.07. The minimum atomic E-state index is 0.920. The molecule has 0 bridgehead atoms. The van der Waals surface area contributed by atoms with Crippen LogP contribution in [0.5, 0.6) is 0 Å². The molecule has 0 aromatic heterocycles. The van der Waals surface area contributed by atoms with Crippen molar-refractivity contribution in [1.82, 2.24) is 0 Å². The molecule has 4 unspecified atom stereocenters. The van der Waals surface area contributed by atoms with Crippen LogP contribution in [0, 0.1) is 35.5 Å². The molecule has 2 rings (SSSR count). The van der Waals surface area contributed by atoms with E-state index in [0.29, 0.717) is 0 Å². The Morgan fingerprint density at radius 3 is 1.80 bits per heavy atom. The normalized spacial score (nSPS) is 41.2. The van der Waals surface area contributed by atoms with Gasteiger partial charge >= 0.3 is 0 Å². The van der Waals surface area contributed by atoms with E-state index in [9.17, 15) is 0 Å². The van der Waals surface area contributed by atoms with Crippen LogP contribution in [0.3, 0.4) is 0 Å². The van der Waals surface area contributed by atoms with Crippen molar-refractivity contribution in [3.8, 4) is 0 Å². The van der Waals surface area contributed by atoms with Gasteiger partial charge in [0.05, 0.1) is 0 Å². The first-order valence-electron chi connectivity index (χ1n) is 7.11. The summed E-state index contributed by atoms with van der Waals surface area (Å²) in [4.78, 5) is 0. The van der Waals surface area contributed by atoms with Gasteiger partial charge in [-0.15, -0.1) is 0 Å². The smallest absolute Gasteiger partial charge is 0.0352 e. The fraction of sp³-hybridized carbons (Fsp3) is 1.00. The summed E-state index contributed by atoms with van der Waals surface area (Å²) in [6.45, 7) is 9.75. The highest BCUT2D eigenvalue weighted by atomic mass is 14.5.